The lowest BCUT2D eigenvalue weighted by molar-refractivity contribution is 0.174. The van der Waals surface area contributed by atoms with E-state index in [2.05, 4.69) is 31.3 Å². The van der Waals surface area contributed by atoms with Crippen molar-refractivity contribution in [1.82, 2.24) is 4.57 Å². The summed E-state index contributed by atoms with van der Waals surface area (Å²) in [7, 11) is 1.82. The third kappa shape index (κ3) is 2.71. The first-order valence-corrected chi connectivity index (χ1v) is 8.26. The van der Waals surface area contributed by atoms with E-state index < -0.39 is 0 Å². The van der Waals surface area contributed by atoms with E-state index >= 15 is 0 Å². The van der Waals surface area contributed by atoms with Crippen molar-refractivity contribution < 1.29 is 9.47 Å². The summed E-state index contributed by atoms with van der Waals surface area (Å²) in [5.41, 5.74) is 5.01. The Balaban J connectivity index is 1.66. The van der Waals surface area contributed by atoms with Gasteiger partial charge in [-0.3, -0.25) is 4.79 Å². The molecule has 4 rings (SSSR count). The molecule has 0 unspecified atom stereocenters. The number of nitrogens with one attached hydrogen (secondary N) is 1. The van der Waals surface area contributed by atoms with Crippen molar-refractivity contribution in [2.24, 2.45) is 7.05 Å². The Labute approximate surface area is 145 Å². The van der Waals surface area contributed by atoms with Crippen molar-refractivity contribution in [1.29, 1.82) is 0 Å². The molecule has 1 aliphatic heterocycles. The fraction of sp³-hybridized carbons (Fsp3) is 0.250. The van der Waals surface area contributed by atoms with E-state index in [1.54, 1.807) is 4.57 Å². The molecule has 0 fully saturated rings. The van der Waals surface area contributed by atoms with E-state index in [4.69, 9.17) is 9.47 Å². The summed E-state index contributed by atoms with van der Waals surface area (Å²) in [5.74, 6) is 1.47. The highest BCUT2D eigenvalue weighted by molar-refractivity contribution is 5.81. The van der Waals surface area contributed by atoms with E-state index in [1.165, 1.54) is 11.1 Å². The Bertz CT molecular complexity index is 1040. The molecule has 0 atom stereocenters. The second-order valence-electron chi connectivity index (χ2n) is 6.45. The Morgan fingerprint density at radius 2 is 1.80 bits per heavy atom. The number of fused-ring (bicyclic) bond motifs is 2. The van der Waals surface area contributed by atoms with Gasteiger partial charge in [-0.15, -0.1) is 0 Å². The zero-order valence-electron chi connectivity index (χ0n) is 14.6. The number of hydrogen-bond donors (Lipinski definition) is 1. The van der Waals surface area contributed by atoms with Crippen LogP contribution in [0.3, 0.4) is 0 Å². The van der Waals surface area contributed by atoms with E-state index in [0.29, 0.717) is 6.54 Å². The Morgan fingerprint density at radius 1 is 1.04 bits per heavy atom. The summed E-state index contributed by atoms with van der Waals surface area (Å²) in [5, 5.41) is 4.38. The molecule has 0 saturated heterocycles. The molecule has 128 valence electrons. The van der Waals surface area contributed by atoms with Crippen molar-refractivity contribution in [3.05, 3.63) is 63.4 Å². The fourth-order valence-corrected chi connectivity index (χ4v) is 3.13. The molecule has 2 heterocycles. The average Bonchev–Trinajstić information content (AvgIpc) is 3.06. The molecule has 2 aromatic carbocycles. The number of nitrogens with zero attached hydrogens (tertiary/aromatic N) is 1. The standard InChI is InChI=1S/C20H20N2O3/c1-12-6-14-8-15(20(23)22(3)17(14)7-13(12)2)10-21-16-4-5-18-19(9-16)25-11-24-18/h4-9,21H,10-11H2,1-3H3. The maximum absolute atomic E-state index is 12.7. The van der Waals surface area contributed by atoms with Gasteiger partial charge in [-0.2, -0.15) is 0 Å². The molecule has 1 aliphatic rings. The zero-order valence-corrected chi connectivity index (χ0v) is 14.6. The SMILES string of the molecule is Cc1cc2cc(CNc3ccc4c(c3)OCO4)c(=O)n(C)c2cc1C. The van der Waals surface area contributed by atoms with Crippen LogP contribution in [0.2, 0.25) is 0 Å². The average molecular weight is 336 g/mol. The smallest absolute Gasteiger partial charge is 0.255 e. The lowest BCUT2D eigenvalue weighted by atomic mass is 10.0. The van der Waals surface area contributed by atoms with Gasteiger partial charge >= 0.3 is 0 Å². The van der Waals surface area contributed by atoms with Crippen molar-refractivity contribution in [2.45, 2.75) is 20.4 Å². The van der Waals surface area contributed by atoms with E-state index in [9.17, 15) is 4.79 Å². The van der Waals surface area contributed by atoms with Crippen molar-refractivity contribution in [2.75, 3.05) is 12.1 Å². The molecule has 0 bridgehead atoms. The first-order chi connectivity index (χ1) is 12.0. The van der Waals surface area contributed by atoms with Crippen LogP contribution in [0, 0.1) is 13.8 Å². The monoisotopic (exact) mass is 336 g/mol. The molecule has 3 aromatic rings. The van der Waals surface area contributed by atoms with E-state index in [1.807, 2.05) is 31.3 Å². The van der Waals surface area contributed by atoms with Crippen LogP contribution in [0.15, 0.2) is 41.2 Å². The third-order valence-corrected chi connectivity index (χ3v) is 4.77. The number of rotatable bonds is 3. The summed E-state index contributed by atoms with van der Waals surface area (Å²) >= 11 is 0. The second kappa shape index (κ2) is 5.84. The minimum absolute atomic E-state index is 0.0176. The van der Waals surface area contributed by atoms with Gasteiger partial charge in [0, 0.05) is 30.9 Å². The van der Waals surface area contributed by atoms with E-state index in [-0.39, 0.29) is 12.4 Å². The Hall–Kier alpha value is -2.95. The topological polar surface area (TPSA) is 52.5 Å². The van der Waals surface area contributed by atoms with Crippen LogP contribution in [-0.2, 0) is 13.6 Å². The molecule has 0 spiro atoms. The minimum atomic E-state index is 0.0176. The maximum Gasteiger partial charge on any atom is 0.255 e. The molecule has 25 heavy (non-hydrogen) atoms. The summed E-state index contributed by atoms with van der Waals surface area (Å²) < 4.78 is 12.4. The molecule has 5 heteroatoms. The molecule has 1 aromatic heterocycles. The zero-order chi connectivity index (χ0) is 17.6. The summed E-state index contributed by atoms with van der Waals surface area (Å²) in [6, 6.07) is 11.9. The highest BCUT2D eigenvalue weighted by Gasteiger charge is 2.13. The Morgan fingerprint density at radius 3 is 2.64 bits per heavy atom. The third-order valence-electron chi connectivity index (χ3n) is 4.77. The number of hydrogen-bond acceptors (Lipinski definition) is 4. The molecule has 5 nitrogen and oxygen atoms in total. The quantitative estimate of drug-likeness (QED) is 0.795. The molecule has 0 aliphatic carbocycles. The number of pyridine rings is 1. The van der Waals surface area contributed by atoms with Gasteiger partial charge in [0.05, 0.1) is 5.52 Å². The fourth-order valence-electron chi connectivity index (χ4n) is 3.13. The number of benzene rings is 2. The van der Waals surface area contributed by atoms with Gasteiger partial charge in [-0.05, 0) is 60.7 Å². The predicted octanol–water partition coefficient (Wildman–Crippen LogP) is 3.50. The summed E-state index contributed by atoms with van der Waals surface area (Å²) in [4.78, 5) is 12.7. The van der Waals surface area contributed by atoms with Crippen LogP contribution < -0.4 is 20.3 Å². The van der Waals surface area contributed by atoms with Crippen LogP contribution in [0.1, 0.15) is 16.7 Å². The second-order valence-corrected chi connectivity index (χ2v) is 6.45. The first kappa shape index (κ1) is 15.6. The lowest BCUT2D eigenvalue weighted by Crippen LogP contribution is -2.23. The largest absolute Gasteiger partial charge is 0.454 e. The molecule has 0 amide bonds. The Kier molecular flexibility index (Phi) is 3.64. The lowest BCUT2D eigenvalue weighted by Gasteiger charge is -2.12. The molecule has 0 saturated carbocycles. The number of ether oxygens (including phenoxy) is 2. The van der Waals surface area contributed by atoms with Crippen LogP contribution >= 0.6 is 0 Å². The van der Waals surface area contributed by atoms with Gasteiger partial charge in [0.25, 0.3) is 5.56 Å². The first-order valence-electron chi connectivity index (χ1n) is 8.26. The number of aryl methyl sites for hydroxylation is 3. The summed E-state index contributed by atoms with van der Waals surface area (Å²) in [6.45, 7) is 4.86. The van der Waals surface area contributed by atoms with Gasteiger partial charge in [0.1, 0.15) is 0 Å². The van der Waals surface area contributed by atoms with Gasteiger partial charge in [0.15, 0.2) is 11.5 Å². The van der Waals surface area contributed by atoms with E-state index in [0.717, 1.165) is 33.7 Å². The van der Waals surface area contributed by atoms with Crippen molar-refractivity contribution in [3.63, 3.8) is 0 Å². The van der Waals surface area contributed by atoms with Crippen LogP contribution in [0.4, 0.5) is 5.69 Å². The molecule has 0 radical (unpaired) electrons. The van der Waals surface area contributed by atoms with Crippen molar-refractivity contribution >= 4 is 16.6 Å². The number of aromatic nitrogens is 1. The van der Waals surface area contributed by atoms with Crippen LogP contribution in [-0.4, -0.2) is 11.4 Å². The minimum Gasteiger partial charge on any atom is -0.454 e. The molecule has 1 N–H and O–H groups in total. The van der Waals surface area contributed by atoms with Crippen molar-refractivity contribution in [3.8, 4) is 11.5 Å². The number of anilines is 1. The highest BCUT2D eigenvalue weighted by Crippen LogP contribution is 2.34. The summed E-state index contributed by atoms with van der Waals surface area (Å²) in [6.07, 6.45) is 0. The van der Waals surface area contributed by atoms with Crippen LogP contribution in [0.5, 0.6) is 11.5 Å². The van der Waals surface area contributed by atoms with Gasteiger partial charge in [-0.25, -0.2) is 0 Å². The van der Waals surface area contributed by atoms with Gasteiger partial charge in [-0.1, -0.05) is 0 Å². The maximum atomic E-state index is 12.7. The highest BCUT2D eigenvalue weighted by atomic mass is 16.7. The normalized spacial score (nSPS) is 12.6. The van der Waals surface area contributed by atoms with Gasteiger partial charge in [0.2, 0.25) is 6.79 Å². The molecular formula is C20H20N2O3. The van der Waals surface area contributed by atoms with Crippen LogP contribution in [0.25, 0.3) is 10.9 Å². The van der Waals surface area contributed by atoms with Gasteiger partial charge < -0.3 is 19.4 Å². The molecular weight excluding hydrogens is 316 g/mol. The predicted molar refractivity (Wildman–Crippen MR) is 98.6 cm³/mol.